The van der Waals surface area contributed by atoms with Crippen LogP contribution in [-0.4, -0.2) is 17.5 Å². The number of benzene rings is 1. The van der Waals surface area contributed by atoms with Gasteiger partial charge in [-0.2, -0.15) is 8.78 Å². The number of hydrogen-bond donors (Lipinski definition) is 2. The SMILES string of the molecule is NCc1nc(C(=O)Nc2ccc(OC(F)F)c(Cl)c2)cs1. The Morgan fingerprint density at radius 3 is 2.86 bits per heavy atom. The lowest BCUT2D eigenvalue weighted by Gasteiger charge is -2.09. The number of alkyl halides is 2. The molecular weight excluding hydrogens is 324 g/mol. The minimum atomic E-state index is -2.97. The van der Waals surface area contributed by atoms with Gasteiger partial charge in [0.25, 0.3) is 5.91 Å². The molecule has 0 atom stereocenters. The summed E-state index contributed by atoms with van der Waals surface area (Å²) in [5, 5.41) is 4.74. The number of nitrogens with one attached hydrogen (secondary N) is 1. The van der Waals surface area contributed by atoms with E-state index in [9.17, 15) is 13.6 Å². The molecule has 0 spiro atoms. The second-order valence-electron chi connectivity index (χ2n) is 3.81. The number of aromatic nitrogens is 1. The molecule has 1 aromatic carbocycles. The fourth-order valence-electron chi connectivity index (χ4n) is 1.47. The molecule has 112 valence electrons. The van der Waals surface area contributed by atoms with Crippen LogP contribution >= 0.6 is 22.9 Å². The molecule has 1 aromatic heterocycles. The van der Waals surface area contributed by atoms with Gasteiger partial charge < -0.3 is 15.8 Å². The molecule has 0 unspecified atom stereocenters. The number of carbonyl (C=O) groups is 1. The van der Waals surface area contributed by atoms with Crippen molar-refractivity contribution in [2.24, 2.45) is 5.73 Å². The number of nitrogens with two attached hydrogens (primary N) is 1. The predicted octanol–water partition coefficient (Wildman–Crippen LogP) is 3.11. The summed E-state index contributed by atoms with van der Waals surface area (Å²) in [5.41, 5.74) is 5.98. The van der Waals surface area contributed by atoms with Crippen molar-refractivity contribution in [2.45, 2.75) is 13.2 Å². The van der Waals surface area contributed by atoms with Gasteiger partial charge in [0.2, 0.25) is 0 Å². The Balaban J connectivity index is 2.09. The molecule has 0 radical (unpaired) electrons. The fourth-order valence-corrected chi connectivity index (χ4v) is 2.35. The van der Waals surface area contributed by atoms with Crippen molar-refractivity contribution in [1.29, 1.82) is 0 Å². The van der Waals surface area contributed by atoms with Gasteiger partial charge in [0.1, 0.15) is 16.5 Å². The zero-order valence-electron chi connectivity index (χ0n) is 10.5. The Morgan fingerprint density at radius 2 is 2.29 bits per heavy atom. The number of halogens is 3. The zero-order valence-corrected chi connectivity index (χ0v) is 12.0. The summed E-state index contributed by atoms with van der Waals surface area (Å²) < 4.78 is 28.4. The van der Waals surface area contributed by atoms with Crippen LogP contribution in [0.25, 0.3) is 0 Å². The topological polar surface area (TPSA) is 77.2 Å². The third kappa shape index (κ3) is 4.10. The third-order valence-electron chi connectivity index (χ3n) is 2.36. The molecule has 0 aliphatic heterocycles. The van der Waals surface area contributed by atoms with Gasteiger partial charge in [-0.25, -0.2) is 4.98 Å². The molecule has 5 nitrogen and oxygen atoms in total. The van der Waals surface area contributed by atoms with Gasteiger partial charge >= 0.3 is 6.61 Å². The van der Waals surface area contributed by atoms with E-state index in [1.165, 1.54) is 29.5 Å². The molecule has 1 amide bonds. The smallest absolute Gasteiger partial charge is 0.387 e. The summed E-state index contributed by atoms with van der Waals surface area (Å²) in [6.07, 6.45) is 0. The Kier molecular flexibility index (Phi) is 5.05. The van der Waals surface area contributed by atoms with E-state index < -0.39 is 12.5 Å². The van der Waals surface area contributed by atoms with Crippen LogP contribution in [0.1, 0.15) is 15.5 Å². The summed E-state index contributed by atoms with van der Waals surface area (Å²) in [5.74, 6) is -0.603. The normalized spacial score (nSPS) is 10.7. The van der Waals surface area contributed by atoms with Gasteiger partial charge in [0.05, 0.1) is 5.02 Å². The summed E-state index contributed by atoms with van der Waals surface area (Å²) >= 11 is 7.06. The lowest BCUT2D eigenvalue weighted by molar-refractivity contribution is -0.0497. The fraction of sp³-hybridized carbons (Fsp3) is 0.167. The minimum Gasteiger partial charge on any atom is -0.433 e. The van der Waals surface area contributed by atoms with E-state index in [1.807, 2.05) is 0 Å². The first-order valence-electron chi connectivity index (χ1n) is 5.69. The Labute approximate surface area is 127 Å². The molecule has 0 aliphatic carbocycles. The minimum absolute atomic E-state index is 0.0333. The van der Waals surface area contributed by atoms with E-state index in [-0.39, 0.29) is 23.0 Å². The molecule has 0 saturated carbocycles. The van der Waals surface area contributed by atoms with E-state index in [0.29, 0.717) is 10.7 Å². The third-order valence-corrected chi connectivity index (χ3v) is 3.53. The molecular formula is C12H10ClF2N3O2S. The first kappa shape index (κ1) is 15.6. The molecule has 2 rings (SSSR count). The number of ether oxygens (including phenoxy) is 1. The largest absolute Gasteiger partial charge is 0.433 e. The van der Waals surface area contributed by atoms with Gasteiger partial charge in [-0.05, 0) is 18.2 Å². The number of rotatable bonds is 5. The average molecular weight is 334 g/mol. The highest BCUT2D eigenvalue weighted by molar-refractivity contribution is 7.09. The summed E-state index contributed by atoms with van der Waals surface area (Å²) in [4.78, 5) is 15.9. The van der Waals surface area contributed by atoms with Gasteiger partial charge in [-0.15, -0.1) is 11.3 Å². The van der Waals surface area contributed by atoms with E-state index in [0.717, 1.165) is 0 Å². The highest BCUT2D eigenvalue weighted by Crippen LogP contribution is 2.29. The second kappa shape index (κ2) is 6.79. The zero-order chi connectivity index (χ0) is 15.4. The number of nitrogens with zero attached hydrogens (tertiary/aromatic N) is 1. The highest BCUT2D eigenvalue weighted by atomic mass is 35.5. The van der Waals surface area contributed by atoms with Gasteiger partial charge in [-0.1, -0.05) is 11.6 Å². The van der Waals surface area contributed by atoms with Crippen molar-refractivity contribution in [1.82, 2.24) is 4.98 Å². The van der Waals surface area contributed by atoms with E-state index in [1.54, 1.807) is 5.38 Å². The van der Waals surface area contributed by atoms with Crippen molar-refractivity contribution in [3.8, 4) is 5.75 Å². The molecule has 0 aliphatic rings. The van der Waals surface area contributed by atoms with Crippen LogP contribution in [0.4, 0.5) is 14.5 Å². The monoisotopic (exact) mass is 333 g/mol. The van der Waals surface area contributed by atoms with Crippen LogP contribution in [0, 0.1) is 0 Å². The van der Waals surface area contributed by atoms with Gasteiger partial charge in [0, 0.05) is 17.6 Å². The summed E-state index contributed by atoms with van der Waals surface area (Å²) in [7, 11) is 0. The van der Waals surface area contributed by atoms with Crippen molar-refractivity contribution in [2.75, 3.05) is 5.32 Å². The van der Waals surface area contributed by atoms with Crippen LogP contribution in [0.5, 0.6) is 5.75 Å². The predicted molar refractivity (Wildman–Crippen MR) is 76.0 cm³/mol. The van der Waals surface area contributed by atoms with Crippen molar-refractivity contribution < 1.29 is 18.3 Å². The quantitative estimate of drug-likeness (QED) is 0.881. The van der Waals surface area contributed by atoms with Crippen molar-refractivity contribution in [3.63, 3.8) is 0 Å². The Hall–Kier alpha value is -1.77. The van der Waals surface area contributed by atoms with Crippen LogP contribution in [-0.2, 0) is 6.54 Å². The Bertz CT molecular complexity index is 651. The molecule has 0 saturated heterocycles. The van der Waals surface area contributed by atoms with Crippen LogP contribution in [0.2, 0.25) is 5.02 Å². The highest BCUT2D eigenvalue weighted by Gasteiger charge is 2.13. The van der Waals surface area contributed by atoms with Crippen molar-refractivity contribution in [3.05, 3.63) is 39.3 Å². The van der Waals surface area contributed by atoms with Crippen LogP contribution < -0.4 is 15.8 Å². The number of amides is 1. The second-order valence-corrected chi connectivity index (χ2v) is 5.16. The molecule has 0 bridgehead atoms. The maximum absolute atomic E-state index is 12.1. The Morgan fingerprint density at radius 1 is 1.52 bits per heavy atom. The maximum Gasteiger partial charge on any atom is 0.387 e. The number of carbonyl (C=O) groups excluding carboxylic acids is 1. The molecule has 21 heavy (non-hydrogen) atoms. The summed E-state index contributed by atoms with van der Waals surface area (Å²) in [6.45, 7) is -2.71. The van der Waals surface area contributed by atoms with E-state index >= 15 is 0 Å². The van der Waals surface area contributed by atoms with E-state index in [2.05, 4.69) is 15.0 Å². The van der Waals surface area contributed by atoms with Gasteiger partial charge in [0.15, 0.2) is 0 Å². The number of anilines is 1. The molecule has 1 heterocycles. The molecule has 9 heteroatoms. The lowest BCUT2D eigenvalue weighted by Crippen LogP contribution is -2.13. The van der Waals surface area contributed by atoms with Crippen molar-refractivity contribution >= 4 is 34.5 Å². The first-order chi connectivity index (χ1) is 9.99. The molecule has 3 N–H and O–H groups in total. The molecule has 0 fully saturated rings. The van der Waals surface area contributed by atoms with Crippen LogP contribution in [0.15, 0.2) is 23.6 Å². The number of thiazole rings is 1. The molecule has 2 aromatic rings. The maximum atomic E-state index is 12.1. The number of hydrogen-bond acceptors (Lipinski definition) is 5. The first-order valence-corrected chi connectivity index (χ1v) is 6.95. The van der Waals surface area contributed by atoms with E-state index in [4.69, 9.17) is 17.3 Å². The average Bonchev–Trinajstić information content (AvgIpc) is 2.90. The van der Waals surface area contributed by atoms with Gasteiger partial charge in [-0.3, -0.25) is 4.79 Å². The summed E-state index contributed by atoms with van der Waals surface area (Å²) in [6, 6.07) is 3.96. The lowest BCUT2D eigenvalue weighted by atomic mass is 10.3. The standard InChI is InChI=1S/C12H10ClF2N3O2S/c13-7-3-6(1-2-9(7)20-12(14)15)17-11(19)8-5-21-10(4-16)18-8/h1-3,5,12H,4,16H2,(H,17,19). The van der Waals surface area contributed by atoms with Crippen LogP contribution in [0.3, 0.4) is 0 Å².